The molecule has 1 unspecified atom stereocenters. The van der Waals surface area contributed by atoms with E-state index in [-0.39, 0.29) is 11.8 Å². The van der Waals surface area contributed by atoms with Crippen LogP contribution in [0.5, 0.6) is 0 Å². The van der Waals surface area contributed by atoms with Gasteiger partial charge in [0.1, 0.15) is 0 Å². The number of nitrogens with zero attached hydrogens (tertiary/aromatic N) is 2. The molecule has 2 aromatic rings. The highest BCUT2D eigenvalue weighted by Crippen LogP contribution is 2.26. The van der Waals surface area contributed by atoms with Gasteiger partial charge in [0.2, 0.25) is 0 Å². The first kappa shape index (κ1) is 11.2. The summed E-state index contributed by atoms with van der Waals surface area (Å²) in [6.45, 7) is 0.741. The summed E-state index contributed by atoms with van der Waals surface area (Å²) in [4.78, 5) is 11.0. The van der Waals surface area contributed by atoms with Crippen LogP contribution in [-0.2, 0) is 4.74 Å². The number of rotatable bonds is 2. The highest BCUT2D eigenvalue weighted by molar-refractivity contribution is 5.93. The lowest BCUT2D eigenvalue weighted by atomic mass is 10.1. The molecule has 18 heavy (non-hydrogen) atoms. The number of hydrogen-bond donors (Lipinski definition) is 1. The zero-order valence-corrected chi connectivity index (χ0v) is 9.87. The van der Waals surface area contributed by atoms with Gasteiger partial charge in [-0.3, -0.25) is 0 Å². The Bertz CT molecular complexity index is 585. The number of hydrogen-bond acceptors (Lipinski definition) is 3. The Morgan fingerprint density at radius 2 is 2.33 bits per heavy atom. The third kappa shape index (κ3) is 1.86. The van der Waals surface area contributed by atoms with Crippen LogP contribution in [0, 0.1) is 0 Å². The largest absolute Gasteiger partial charge is 0.478 e. The highest BCUT2D eigenvalue weighted by atomic mass is 16.5. The van der Waals surface area contributed by atoms with Gasteiger partial charge in [0.05, 0.1) is 17.3 Å². The summed E-state index contributed by atoms with van der Waals surface area (Å²) >= 11 is 0. The fraction of sp³-hybridized carbons (Fsp3) is 0.385. The number of aromatic carboxylic acids is 1. The summed E-state index contributed by atoms with van der Waals surface area (Å²) in [7, 11) is 0. The van der Waals surface area contributed by atoms with Crippen molar-refractivity contribution in [2.24, 2.45) is 0 Å². The Kier molecular flexibility index (Phi) is 2.76. The number of ether oxygens (including phenoxy) is 1. The second kappa shape index (κ2) is 4.42. The smallest absolute Gasteiger partial charge is 0.335 e. The van der Waals surface area contributed by atoms with E-state index in [1.165, 1.54) is 0 Å². The first-order valence-electron chi connectivity index (χ1n) is 6.08. The molecule has 1 aromatic carbocycles. The van der Waals surface area contributed by atoms with Crippen molar-refractivity contribution in [1.29, 1.82) is 0 Å². The summed E-state index contributed by atoms with van der Waals surface area (Å²) in [5, 5.41) is 14.3. The fourth-order valence-corrected chi connectivity index (χ4v) is 2.32. The van der Waals surface area contributed by atoms with Gasteiger partial charge in [-0.15, -0.1) is 0 Å². The van der Waals surface area contributed by atoms with Crippen molar-refractivity contribution in [3.63, 3.8) is 0 Å². The van der Waals surface area contributed by atoms with Crippen LogP contribution in [0.15, 0.2) is 24.4 Å². The molecular formula is C13H14N2O3. The van der Waals surface area contributed by atoms with Crippen LogP contribution in [0.4, 0.5) is 0 Å². The number of aromatic nitrogens is 2. The Labute approximate surface area is 104 Å². The predicted molar refractivity (Wildman–Crippen MR) is 65.5 cm³/mol. The average molecular weight is 246 g/mol. The van der Waals surface area contributed by atoms with Crippen molar-refractivity contribution in [3.8, 4) is 0 Å². The molecule has 1 aliphatic rings. The minimum Gasteiger partial charge on any atom is -0.478 e. The van der Waals surface area contributed by atoms with Gasteiger partial charge in [-0.25, -0.2) is 9.48 Å². The molecule has 0 bridgehead atoms. The Morgan fingerprint density at radius 3 is 3.06 bits per heavy atom. The Balaban J connectivity index is 2.05. The molecule has 5 nitrogen and oxygen atoms in total. The van der Waals surface area contributed by atoms with Crippen LogP contribution >= 0.6 is 0 Å². The van der Waals surface area contributed by atoms with E-state index in [0.717, 1.165) is 36.8 Å². The molecule has 1 atom stereocenters. The molecule has 0 spiro atoms. The van der Waals surface area contributed by atoms with E-state index in [1.54, 1.807) is 29.1 Å². The topological polar surface area (TPSA) is 64.3 Å². The van der Waals surface area contributed by atoms with Crippen LogP contribution in [0.2, 0.25) is 0 Å². The third-order valence-corrected chi connectivity index (χ3v) is 3.27. The molecule has 0 aliphatic carbocycles. The third-order valence-electron chi connectivity index (χ3n) is 3.27. The molecular weight excluding hydrogens is 232 g/mol. The zero-order chi connectivity index (χ0) is 12.5. The van der Waals surface area contributed by atoms with Crippen molar-refractivity contribution in [3.05, 3.63) is 30.0 Å². The van der Waals surface area contributed by atoms with Gasteiger partial charge in [-0.2, -0.15) is 5.10 Å². The van der Waals surface area contributed by atoms with Crippen molar-refractivity contribution >= 4 is 16.9 Å². The van der Waals surface area contributed by atoms with Gasteiger partial charge in [0, 0.05) is 12.0 Å². The number of carboxylic acid groups (broad SMARTS) is 1. The molecule has 1 aromatic heterocycles. The molecule has 1 saturated heterocycles. The van der Waals surface area contributed by atoms with E-state index < -0.39 is 5.97 Å². The molecule has 2 heterocycles. The molecule has 0 amide bonds. The minimum absolute atomic E-state index is 0.0692. The molecule has 5 heteroatoms. The predicted octanol–water partition coefficient (Wildman–Crippen LogP) is 2.43. The normalized spacial score (nSPS) is 20.1. The van der Waals surface area contributed by atoms with Crippen LogP contribution < -0.4 is 0 Å². The standard InChI is InChI=1S/C13H14N2O3/c16-13(17)9-4-5-10-8-14-15(11(10)7-9)12-3-1-2-6-18-12/h4-5,7-8,12H,1-3,6H2,(H,16,17). The van der Waals surface area contributed by atoms with E-state index >= 15 is 0 Å². The maximum atomic E-state index is 11.0. The summed E-state index contributed by atoms with van der Waals surface area (Å²) < 4.78 is 7.48. The summed E-state index contributed by atoms with van der Waals surface area (Å²) in [6.07, 6.45) is 4.80. The minimum atomic E-state index is -0.922. The number of fused-ring (bicyclic) bond motifs is 1. The lowest BCUT2D eigenvalue weighted by Gasteiger charge is -2.23. The van der Waals surface area contributed by atoms with Crippen molar-refractivity contribution in [1.82, 2.24) is 9.78 Å². The summed E-state index contributed by atoms with van der Waals surface area (Å²) in [5.74, 6) is -0.922. The number of carbonyl (C=O) groups is 1. The second-order valence-electron chi connectivity index (χ2n) is 4.49. The lowest BCUT2D eigenvalue weighted by Crippen LogP contribution is -2.19. The molecule has 1 aliphatic heterocycles. The quantitative estimate of drug-likeness (QED) is 0.883. The number of benzene rings is 1. The maximum absolute atomic E-state index is 11.0. The Morgan fingerprint density at radius 1 is 1.44 bits per heavy atom. The molecule has 1 N–H and O–H groups in total. The first-order chi connectivity index (χ1) is 8.75. The van der Waals surface area contributed by atoms with Crippen LogP contribution in [0.1, 0.15) is 35.8 Å². The van der Waals surface area contributed by atoms with Crippen molar-refractivity contribution in [2.45, 2.75) is 25.5 Å². The molecule has 0 saturated carbocycles. The average Bonchev–Trinajstić information content (AvgIpc) is 2.82. The van der Waals surface area contributed by atoms with Gasteiger partial charge < -0.3 is 9.84 Å². The fourth-order valence-electron chi connectivity index (χ4n) is 2.32. The van der Waals surface area contributed by atoms with E-state index in [4.69, 9.17) is 9.84 Å². The van der Waals surface area contributed by atoms with Crippen molar-refractivity contribution in [2.75, 3.05) is 6.61 Å². The zero-order valence-electron chi connectivity index (χ0n) is 9.87. The SMILES string of the molecule is O=C(O)c1ccc2cnn(C3CCCCO3)c2c1. The van der Waals surface area contributed by atoms with Crippen LogP contribution in [0.25, 0.3) is 10.9 Å². The van der Waals surface area contributed by atoms with Crippen LogP contribution in [0.3, 0.4) is 0 Å². The molecule has 3 rings (SSSR count). The highest BCUT2D eigenvalue weighted by Gasteiger charge is 2.19. The van der Waals surface area contributed by atoms with E-state index in [2.05, 4.69) is 5.10 Å². The van der Waals surface area contributed by atoms with Crippen LogP contribution in [-0.4, -0.2) is 27.5 Å². The van der Waals surface area contributed by atoms with Gasteiger partial charge in [-0.1, -0.05) is 6.07 Å². The van der Waals surface area contributed by atoms with Crippen molar-refractivity contribution < 1.29 is 14.6 Å². The second-order valence-corrected chi connectivity index (χ2v) is 4.49. The first-order valence-corrected chi connectivity index (χ1v) is 6.08. The maximum Gasteiger partial charge on any atom is 0.335 e. The Hall–Kier alpha value is -1.88. The molecule has 0 radical (unpaired) electrons. The molecule has 1 fully saturated rings. The van der Waals surface area contributed by atoms with E-state index in [0.29, 0.717) is 0 Å². The van der Waals surface area contributed by atoms with E-state index in [1.807, 2.05) is 0 Å². The van der Waals surface area contributed by atoms with E-state index in [9.17, 15) is 4.79 Å². The summed E-state index contributed by atoms with van der Waals surface area (Å²) in [6, 6.07) is 5.03. The monoisotopic (exact) mass is 246 g/mol. The van der Waals surface area contributed by atoms with Gasteiger partial charge >= 0.3 is 5.97 Å². The molecule has 94 valence electrons. The number of carboxylic acids is 1. The van der Waals surface area contributed by atoms with Gasteiger partial charge in [-0.05, 0) is 31.4 Å². The summed E-state index contributed by atoms with van der Waals surface area (Å²) in [5.41, 5.74) is 1.10. The lowest BCUT2D eigenvalue weighted by molar-refractivity contribution is -0.0366. The van der Waals surface area contributed by atoms with Gasteiger partial charge in [0.25, 0.3) is 0 Å². The van der Waals surface area contributed by atoms with Gasteiger partial charge in [0.15, 0.2) is 6.23 Å².